The van der Waals surface area contributed by atoms with Crippen LogP contribution in [-0.2, 0) is 16.1 Å². The first-order valence-electron chi connectivity index (χ1n) is 6.82. The van der Waals surface area contributed by atoms with Crippen molar-refractivity contribution in [1.82, 2.24) is 15.2 Å². The molecule has 1 aliphatic rings. The number of nitrogens with two attached hydrogens (primary N) is 1. The van der Waals surface area contributed by atoms with Crippen LogP contribution in [0.2, 0.25) is 0 Å². The zero-order valence-corrected chi connectivity index (χ0v) is 11.4. The first-order chi connectivity index (χ1) is 9.65. The Bertz CT molecular complexity index is 456. The Morgan fingerprint density at radius 2 is 1.95 bits per heavy atom. The van der Waals surface area contributed by atoms with Crippen molar-refractivity contribution in [1.29, 1.82) is 0 Å². The number of nitrogens with one attached hydrogen (secondary N) is 1. The van der Waals surface area contributed by atoms with Crippen LogP contribution in [0.3, 0.4) is 0 Å². The van der Waals surface area contributed by atoms with Crippen molar-refractivity contribution in [3.8, 4) is 0 Å². The van der Waals surface area contributed by atoms with E-state index in [-0.39, 0.29) is 17.7 Å². The van der Waals surface area contributed by atoms with Gasteiger partial charge in [-0.3, -0.25) is 19.5 Å². The molecule has 108 valence electrons. The molecule has 20 heavy (non-hydrogen) atoms. The van der Waals surface area contributed by atoms with E-state index in [1.165, 1.54) is 0 Å². The Morgan fingerprint density at radius 1 is 1.30 bits per heavy atom. The number of carbonyl (C=O) groups excluding carboxylic acids is 2. The van der Waals surface area contributed by atoms with Crippen molar-refractivity contribution in [2.45, 2.75) is 19.4 Å². The highest BCUT2D eigenvalue weighted by atomic mass is 16.2. The zero-order chi connectivity index (χ0) is 14.4. The molecule has 6 heteroatoms. The Morgan fingerprint density at radius 3 is 2.55 bits per heavy atom. The number of likely N-dealkylation sites (tertiary alicyclic amines) is 1. The van der Waals surface area contributed by atoms with Crippen LogP contribution in [0.1, 0.15) is 18.4 Å². The normalized spacial score (nSPS) is 16.8. The van der Waals surface area contributed by atoms with Crippen LogP contribution in [0.15, 0.2) is 24.5 Å². The molecule has 3 N–H and O–H groups in total. The molecule has 1 aromatic rings. The summed E-state index contributed by atoms with van der Waals surface area (Å²) in [6.45, 7) is 2.38. The molecule has 1 saturated heterocycles. The van der Waals surface area contributed by atoms with Gasteiger partial charge in [-0.2, -0.15) is 0 Å². The van der Waals surface area contributed by atoms with Crippen molar-refractivity contribution in [2.24, 2.45) is 11.7 Å². The summed E-state index contributed by atoms with van der Waals surface area (Å²) < 4.78 is 0. The van der Waals surface area contributed by atoms with Gasteiger partial charge in [0, 0.05) is 24.9 Å². The van der Waals surface area contributed by atoms with Gasteiger partial charge in [0.25, 0.3) is 0 Å². The fourth-order valence-electron chi connectivity index (χ4n) is 2.34. The second kappa shape index (κ2) is 7.00. The molecule has 2 heterocycles. The van der Waals surface area contributed by atoms with E-state index in [4.69, 9.17) is 5.73 Å². The van der Waals surface area contributed by atoms with Gasteiger partial charge in [-0.05, 0) is 43.6 Å². The number of pyridine rings is 1. The molecule has 2 rings (SSSR count). The molecule has 6 nitrogen and oxygen atoms in total. The summed E-state index contributed by atoms with van der Waals surface area (Å²) in [4.78, 5) is 28.9. The van der Waals surface area contributed by atoms with Crippen LogP contribution in [0, 0.1) is 5.92 Å². The van der Waals surface area contributed by atoms with Crippen LogP contribution in [0.25, 0.3) is 0 Å². The highest BCUT2D eigenvalue weighted by Gasteiger charge is 2.23. The van der Waals surface area contributed by atoms with Crippen LogP contribution >= 0.6 is 0 Å². The second-order valence-corrected chi connectivity index (χ2v) is 5.08. The monoisotopic (exact) mass is 276 g/mol. The SMILES string of the molecule is NC(=O)C1CCN(CC(=O)NCc2ccncc2)CC1. The van der Waals surface area contributed by atoms with Gasteiger partial charge < -0.3 is 11.1 Å². The maximum atomic E-state index is 11.8. The molecule has 0 atom stereocenters. The van der Waals surface area contributed by atoms with Gasteiger partial charge in [-0.1, -0.05) is 0 Å². The minimum absolute atomic E-state index is 0.000614. The lowest BCUT2D eigenvalue weighted by Gasteiger charge is -2.29. The van der Waals surface area contributed by atoms with E-state index < -0.39 is 0 Å². The Labute approximate surface area is 118 Å². The van der Waals surface area contributed by atoms with E-state index in [1.54, 1.807) is 12.4 Å². The van der Waals surface area contributed by atoms with Gasteiger partial charge in [-0.15, -0.1) is 0 Å². The number of piperidine rings is 1. The molecule has 0 bridgehead atoms. The molecular formula is C14H20N4O2. The number of rotatable bonds is 5. The number of aromatic nitrogens is 1. The van der Waals surface area contributed by atoms with Crippen molar-refractivity contribution >= 4 is 11.8 Å². The Hall–Kier alpha value is -1.95. The van der Waals surface area contributed by atoms with Gasteiger partial charge in [0.05, 0.1) is 6.54 Å². The number of hydrogen-bond acceptors (Lipinski definition) is 4. The van der Waals surface area contributed by atoms with E-state index in [9.17, 15) is 9.59 Å². The third-order valence-corrected chi connectivity index (χ3v) is 3.60. The van der Waals surface area contributed by atoms with E-state index in [0.717, 1.165) is 31.5 Å². The van der Waals surface area contributed by atoms with Crippen LogP contribution in [-0.4, -0.2) is 41.3 Å². The molecule has 0 saturated carbocycles. The number of nitrogens with zero attached hydrogens (tertiary/aromatic N) is 2. The molecule has 0 radical (unpaired) electrons. The van der Waals surface area contributed by atoms with E-state index in [2.05, 4.69) is 15.2 Å². The van der Waals surface area contributed by atoms with Crippen molar-refractivity contribution in [3.05, 3.63) is 30.1 Å². The standard InChI is InChI=1S/C14H20N4O2/c15-14(20)12-3-7-18(8-4-12)10-13(19)17-9-11-1-5-16-6-2-11/h1-2,5-6,12H,3-4,7-10H2,(H2,15,20)(H,17,19). The number of carbonyl (C=O) groups is 2. The molecular weight excluding hydrogens is 256 g/mol. The van der Waals surface area contributed by atoms with Gasteiger partial charge in [0.15, 0.2) is 0 Å². The summed E-state index contributed by atoms with van der Waals surface area (Å²) in [5.41, 5.74) is 6.31. The lowest BCUT2D eigenvalue weighted by Crippen LogP contribution is -2.43. The zero-order valence-electron chi connectivity index (χ0n) is 11.4. The third-order valence-electron chi connectivity index (χ3n) is 3.60. The smallest absolute Gasteiger partial charge is 0.234 e. The minimum Gasteiger partial charge on any atom is -0.369 e. The molecule has 0 aliphatic carbocycles. The summed E-state index contributed by atoms with van der Waals surface area (Å²) in [5.74, 6) is -0.266. The first kappa shape index (κ1) is 14.5. The van der Waals surface area contributed by atoms with E-state index >= 15 is 0 Å². The summed E-state index contributed by atoms with van der Waals surface area (Å²) >= 11 is 0. The maximum absolute atomic E-state index is 11.8. The largest absolute Gasteiger partial charge is 0.369 e. The predicted molar refractivity (Wildman–Crippen MR) is 74.4 cm³/mol. The summed E-state index contributed by atoms with van der Waals surface area (Å²) in [6, 6.07) is 3.75. The quantitative estimate of drug-likeness (QED) is 0.785. The van der Waals surface area contributed by atoms with Gasteiger partial charge in [0.1, 0.15) is 0 Å². The predicted octanol–water partition coefficient (Wildman–Crippen LogP) is -0.105. The molecule has 0 unspecified atom stereocenters. The molecule has 0 aromatic carbocycles. The second-order valence-electron chi connectivity index (χ2n) is 5.08. The fraction of sp³-hybridized carbons (Fsp3) is 0.500. The molecule has 1 fully saturated rings. The highest BCUT2D eigenvalue weighted by Crippen LogP contribution is 2.16. The topological polar surface area (TPSA) is 88.3 Å². The Kier molecular flexibility index (Phi) is 5.06. The van der Waals surface area contributed by atoms with Crippen molar-refractivity contribution < 1.29 is 9.59 Å². The van der Waals surface area contributed by atoms with Crippen LogP contribution in [0.5, 0.6) is 0 Å². The molecule has 0 spiro atoms. The van der Waals surface area contributed by atoms with Crippen LogP contribution < -0.4 is 11.1 Å². The van der Waals surface area contributed by atoms with Crippen molar-refractivity contribution in [3.63, 3.8) is 0 Å². The third kappa shape index (κ3) is 4.31. The number of primary amides is 1. The average molecular weight is 276 g/mol. The van der Waals surface area contributed by atoms with Gasteiger partial charge in [0.2, 0.25) is 11.8 Å². The highest BCUT2D eigenvalue weighted by molar-refractivity contribution is 5.78. The number of hydrogen-bond donors (Lipinski definition) is 2. The average Bonchev–Trinajstić information content (AvgIpc) is 2.47. The number of amides is 2. The molecule has 1 aliphatic heterocycles. The Balaban J connectivity index is 1.69. The lowest BCUT2D eigenvalue weighted by atomic mass is 9.96. The maximum Gasteiger partial charge on any atom is 0.234 e. The minimum atomic E-state index is -0.230. The fourth-order valence-corrected chi connectivity index (χ4v) is 2.34. The summed E-state index contributed by atoms with van der Waals surface area (Å²) in [5, 5.41) is 2.88. The summed E-state index contributed by atoms with van der Waals surface area (Å²) in [6.07, 6.45) is 4.89. The lowest BCUT2D eigenvalue weighted by molar-refractivity contribution is -0.124. The first-order valence-corrected chi connectivity index (χ1v) is 6.82. The van der Waals surface area contributed by atoms with E-state index in [0.29, 0.717) is 13.1 Å². The van der Waals surface area contributed by atoms with Crippen LogP contribution in [0.4, 0.5) is 0 Å². The molecule has 1 aromatic heterocycles. The van der Waals surface area contributed by atoms with Crippen molar-refractivity contribution in [2.75, 3.05) is 19.6 Å². The summed E-state index contributed by atoms with van der Waals surface area (Å²) in [7, 11) is 0. The van der Waals surface area contributed by atoms with E-state index in [1.807, 2.05) is 12.1 Å². The van der Waals surface area contributed by atoms with Gasteiger partial charge >= 0.3 is 0 Å². The van der Waals surface area contributed by atoms with Gasteiger partial charge in [-0.25, -0.2) is 0 Å². The molecule has 2 amide bonds.